The van der Waals surface area contributed by atoms with E-state index in [-0.39, 0.29) is 0 Å². The lowest BCUT2D eigenvalue weighted by Gasteiger charge is -2.35. The van der Waals surface area contributed by atoms with E-state index >= 15 is 0 Å². The van der Waals surface area contributed by atoms with Gasteiger partial charge in [-0.2, -0.15) is 4.31 Å². The minimum Gasteiger partial charge on any atom is -0.346 e. The summed E-state index contributed by atoms with van der Waals surface area (Å²) >= 11 is 5.51. The number of thiocarbonyl (C=S) groups is 1. The van der Waals surface area contributed by atoms with E-state index in [9.17, 15) is 8.42 Å². The van der Waals surface area contributed by atoms with Gasteiger partial charge in [-0.05, 0) is 48.5 Å². The summed E-state index contributed by atoms with van der Waals surface area (Å²) in [5, 5.41) is 3.90. The van der Waals surface area contributed by atoms with Crippen LogP contribution in [0.1, 0.15) is 12.5 Å². The van der Waals surface area contributed by atoms with E-state index < -0.39 is 10.0 Å². The first kappa shape index (κ1) is 18.8. The zero-order valence-corrected chi connectivity index (χ0v) is 16.4. The number of aryl methyl sites for hydroxylation is 1. The maximum atomic E-state index is 12.7. The molecule has 1 heterocycles. The van der Waals surface area contributed by atoms with Gasteiger partial charge in [-0.15, -0.1) is 0 Å². The van der Waals surface area contributed by atoms with Crippen LogP contribution in [0.4, 0.5) is 5.69 Å². The van der Waals surface area contributed by atoms with Gasteiger partial charge in [0.1, 0.15) is 0 Å². The molecule has 0 amide bonds. The number of piperazine rings is 1. The predicted octanol–water partition coefficient (Wildman–Crippen LogP) is 2.95. The third kappa shape index (κ3) is 4.23. The first-order valence-electron chi connectivity index (χ1n) is 8.71. The summed E-state index contributed by atoms with van der Waals surface area (Å²) in [5.74, 6) is 0. The zero-order valence-electron chi connectivity index (χ0n) is 14.8. The number of hydrogen-bond donors (Lipinski definition) is 1. The monoisotopic (exact) mass is 389 g/mol. The Bertz CT molecular complexity index is 861. The second kappa shape index (κ2) is 8.16. The molecule has 5 nitrogen and oxygen atoms in total. The summed E-state index contributed by atoms with van der Waals surface area (Å²) in [7, 11) is -3.44. The highest BCUT2D eigenvalue weighted by Gasteiger charge is 2.29. The van der Waals surface area contributed by atoms with Gasteiger partial charge in [0.25, 0.3) is 0 Å². The molecule has 7 heteroatoms. The average molecular weight is 390 g/mol. The Kier molecular flexibility index (Phi) is 5.90. The minimum absolute atomic E-state index is 0.338. The Morgan fingerprint density at radius 1 is 1.04 bits per heavy atom. The second-order valence-corrected chi connectivity index (χ2v) is 8.51. The molecule has 1 aliphatic heterocycles. The van der Waals surface area contributed by atoms with E-state index in [1.54, 1.807) is 24.3 Å². The fourth-order valence-electron chi connectivity index (χ4n) is 2.94. The topological polar surface area (TPSA) is 52.6 Å². The van der Waals surface area contributed by atoms with Crippen LogP contribution in [-0.2, 0) is 16.4 Å². The lowest BCUT2D eigenvalue weighted by Crippen LogP contribution is -2.51. The van der Waals surface area contributed by atoms with Crippen molar-refractivity contribution in [1.82, 2.24) is 9.21 Å². The maximum absolute atomic E-state index is 12.7. The van der Waals surface area contributed by atoms with Crippen molar-refractivity contribution in [2.45, 2.75) is 18.2 Å². The molecule has 1 N–H and O–H groups in total. The highest BCUT2D eigenvalue weighted by atomic mass is 32.2. The van der Waals surface area contributed by atoms with Gasteiger partial charge in [-0.3, -0.25) is 0 Å². The van der Waals surface area contributed by atoms with Crippen LogP contribution < -0.4 is 5.32 Å². The summed E-state index contributed by atoms with van der Waals surface area (Å²) in [6, 6.07) is 16.7. The van der Waals surface area contributed by atoms with Gasteiger partial charge in [0.05, 0.1) is 4.90 Å². The Hall–Kier alpha value is -1.96. The van der Waals surface area contributed by atoms with E-state index in [0.29, 0.717) is 36.2 Å². The number of benzene rings is 2. The van der Waals surface area contributed by atoms with Crippen molar-refractivity contribution in [3.8, 4) is 0 Å². The molecule has 0 atom stereocenters. The van der Waals surface area contributed by atoms with Crippen LogP contribution in [0.3, 0.4) is 0 Å². The number of rotatable bonds is 4. The SMILES string of the molecule is CCc1cccc(NC(=S)N2CCN(S(=O)(=O)c3ccccc3)CC2)c1. The van der Waals surface area contributed by atoms with Crippen molar-refractivity contribution >= 4 is 33.0 Å². The molecule has 1 aliphatic rings. The number of sulfonamides is 1. The molecule has 2 aromatic carbocycles. The molecule has 0 saturated carbocycles. The molecule has 2 aromatic rings. The van der Waals surface area contributed by atoms with Crippen LogP contribution in [0, 0.1) is 0 Å². The highest BCUT2D eigenvalue weighted by Crippen LogP contribution is 2.18. The van der Waals surface area contributed by atoms with E-state index in [1.165, 1.54) is 9.87 Å². The molecular formula is C19H23N3O2S2. The summed E-state index contributed by atoms with van der Waals surface area (Å²) < 4.78 is 26.9. The fraction of sp³-hybridized carbons (Fsp3) is 0.316. The lowest BCUT2D eigenvalue weighted by molar-refractivity contribution is 0.268. The van der Waals surface area contributed by atoms with Crippen molar-refractivity contribution in [2.24, 2.45) is 0 Å². The summed E-state index contributed by atoms with van der Waals surface area (Å²) in [4.78, 5) is 2.36. The van der Waals surface area contributed by atoms with Gasteiger partial charge in [0.15, 0.2) is 5.11 Å². The van der Waals surface area contributed by atoms with Crippen molar-refractivity contribution < 1.29 is 8.42 Å². The summed E-state index contributed by atoms with van der Waals surface area (Å²) in [6.45, 7) is 4.11. The van der Waals surface area contributed by atoms with Crippen molar-refractivity contribution in [3.05, 3.63) is 60.2 Å². The Morgan fingerprint density at radius 2 is 1.73 bits per heavy atom. The quantitative estimate of drug-likeness (QED) is 0.815. The van der Waals surface area contributed by atoms with Crippen molar-refractivity contribution in [2.75, 3.05) is 31.5 Å². The van der Waals surface area contributed by atoms with Gasteiger partial charge in [-0.1, -0.05) is 37.3 Å². The highest BCUT2D eigenvalue weighted by molar-refractivity contribution is 7.89. The van der Waals surface area contributed by atoms with Crippen LogP contribution in [0.5, 0.6) is 0 Å². The minimum atomic E-state index is -3.44. The van der Waals surface area contributed by atoms with Crippen LogP contribution >= 0.6 is 12.2 Å². The first-order valence-corrected chi connectivity index (χ1v) is 10.6. The summed E-state index contributed by atoms with van der Waals surface area (Å²) in [6.07, 6.45) is 0.971. The third-order valence-corrected chi connectivity index (χ3v) is 6.77. The van der Waals surface area contributed by atoms with Crippen LogP contribution in [0.2, 0.25) is 0 Å². The van der Waals surface area contributed by atoms with Gasteiger partial charge in [-0.25, -0.2) is 8.42 Å². The van der Waals surface area contributed by atoms with Crippen LogP contribution in [0.25, 0.3) is 0 Å². The number of hydrogen-bond acceptors (Lipinski definition) is 3. The molecule has 1 fully saturated rings. The maximum Gasteiger partial charge on any atom is 0.243 e. The second-order valence-electron chi connectivity index (χ2n) is 6.19. The lowest BCUT2D eigenvalue weighted by atomic mass is 10.1. The Balaban J connectivity index is 1.60. The standard InChI is InChI=1S/C19H23N3O2S2/c1-2-16-7-6-8-17(15-16)20-19(25)21-11-13-22(14-12-21)26(23,24)18-9-4-3-5-10-18/h3-10,15H,2,11-14H2,1H3,(H,20,25). The summed E-state index contributed by atoms with van der Waals surface area (Å²) in [5.41, 5.74) is 2.21. The normalized spacial score (nSPS) is 15.7. The molecule has 3 rings (SSSR count). The molecule has 0 aliphatic carbocycles. The molecule has 0 aromatic heterocycles. The number of nitrogens with one attached hydrogen (secondary N) is 1. The molecular weight excluding hydrogens is 366 g/mol. The van der Waals surface area contributed by atoms with E-state index in [4.69, 9.17) is 12.2 Å². The predicted molar refractivity (Wildman–Crippen MR) is 109 cm³/mol. The molecule has 26 heavy (non-hydrogen) atoms. The third-order valence-electron chi connectivity index (χ3n) is 4.49. The molecule has 138 valence electrons. The molecule has 0 spiro atoms. The Labute approximate surface area is 160 Å². The van der Waals surface area contributed by atoms with Crippen LogP contribution in [0.15, 0.2) is 59.5 Å². The smallest absolute Gasteiger partial charge is 0.243 e. The van der Waals surface area contributed by atoms with Gasteiger partial charge in [0.2, 0.25) is 10.0 Å². The molecule has 0 unspecified atom stereocenters. The van der Waals surface area contributed by atoms with E-state index in [1.807, 2.05) is 23.1 Å². The molecule has 0 radical (unpaired) electrons. The average Bonchev–Trinajstić information content (AvgIpc) is 2.69. The van der Waals surface area contributed by atoms with Gasteiger partial charge in [0, 0.05) is 31.9 Å². The molecule has 0 bridgehead atoms. The molecule has 1 saturated heterocycles. The van der Waals surface area contributed by atoms with Crippen molar-refractivity contribution in [1.29, 1.82) is 0 Å². The number of anilines is 1. The van der Waals surface area contributed by atoms with E-state index in [2.05, 4.69) is 24.4 Å². The fourth-order valence-corrected chi connectivity index (χ4v) is 4.69. The van der Waals surface area contributed by atoms with Crippen molar-refractivity contribution in [3.63, 3.8) is 0 Å². The first-order chi connectivity index (χ1) is 12.5. The number of nitrogens with zero attached hydrogens (tertiary/aromatic N) is 2. The van der Waals surface area contributed by atoms with E-state index in [0.717, 1.165) is 12.1 Å². The Morgan fingerprint density at radius 3 is 2.38 bits per heavy atom. The van der Waals surface area contributed by atoms with Gasteiger partial charge >= 0.3 is 0 Å². The van der Waals surface area contributed by atoms with Gasteiger partial charge < -0.3 is 10.2 Å². The zero-order chi connectivity index (χ0) is 18.6. The van der Waals surface area contributed by atoms with Crippen LogP contribution in [-0.4, -0.2) is 48.9 Å². The largest absolute Gasteiger partial charge is 0.346 e.